The van der Waals surface area contributed by atoms with Gasteiger partial charge in [0.2, 0.25) is 5.91 Å². The third kappa shape index (κ3) is 3.83. The van der Waals surface area contributed by atoms with Crippen LogP contribution in [0.15, 0.2) is 24.3 Å². The van der Waals surface area contributed by atoms with Crippen LogP contribution in [0.1, 0.15) is 50.2 Å². The molecule has 1 aliphatic rings. The van der Waals surface area contributed by atoms with Gasteiger partial charge in [-0.2, -0.15) is 0 Å². The third-order valence-electron chi connectivity index (χ3n) is 4.29. The van der Waals surface area contributed by atoms with Gasteiger partial charge < -0.3 is 10.6 Å². The van der Waals surface area contributed by atoms with Gasteiger partial charge in [-0.1, -0.05) is 50.5 Å². The summed E-state index contributed by atoms with van der Waals surface area (Å²) in [5.74, 6) is 0.0801. The molecule has 0 unspecified atom stereocenters. The molecule has 1 aromatic rings. The van der Waals surface area contributed by atoms with Gasteiger partial charge >= 0.3 is 0 Å². The first-order valence-electron chi connectivity index (χ1n) is 7.82. The predicted molar refractivity (Wildman–Crippen MR) is 82.3 cm³/mol. The normalized spacial score (nSPS) is 16.1. The van der Waals surface area contributed by atoms with Crippen molar-refractivity contribution in [3.63, 3.8) is 0 Å². The minimum Gasteiger partial charge on any atom is -0.334 e. The molecule has 110 valence electrons. The van der Waals surface area contributed by atoms with Crippen LogP contribution in [0.4, 0.5) is 0 Å². The number of amides is 1. The van der Waals surface area contributed by atoms with Crippen molar-refractivity contribution in [2.24, 2.45) is 5.73 Å². The van der Waals surface area contributed by atoms with Gasteiger partial charge in [0.05, 0.1) is 6.54 Å². The van der Waals surface area contributed by atoms with Crippen LogP contribution in [-0.4, -0.2) is 23.4 Å². The Hall–Kier alpha value is -1.35. The summed E-state index contributed by atoms with van der Waals surface area (Å²) < 4.78 is 0. The van der Waals surface area contributed by atoms with Crippen LogP contribution >= 0.6 is 0 Å². The monoisotopic (exact) mass is 274 g/mol. The molecule has 0 spiro atoms. The van der Waals surface area contributed by atoms with Crippen LogP contribution in [0.3, 0.4) is 0 Å². The molecule has 1 aliphatic carbocycles. The lowest BCUT2D eigenvalue weighted by Gasteiger charge is -2.34. The van der Waals surface area contributed by atoms with Crippen molar-refractivity contribution in [2.75, 3.05) is 6.54 Å². The van der Waals surface area contributed by atoms with Gasteiger partial charge in [-0.05, 0) is 30.4 Å². The van der Waals surface area contributed by atoms with E-state index in [1.165, 1.54) is 30.4 Å². The zero-order chi connectivity index (χ0) is 14.4. The largest absolute Gasteiger partial charge is 0.334 e. The lowest BCUT2D eigenvalue weighted by molar-refractivity contribution is -0.133. The topological polar surface area (TPSA) is 46.3 Å². The highest BCUT2D eigenvalue weighted by Gasteiger charge is 2.24. The second-order valence-corrected chi connectivity index (χ2v) is 5.69. The van der Waals surface area contributed by atoms with Gasteiger partial charge in [-0.25, -0.2) is 0 Å². The van der Waals surface area contributed by atoms with Crippen LogP contribution in [0, 0.1) is 0 Å². The second-order valence-electron chi connectivity index (χ2n) is 5.69. The second kappa shape index (κ2) is 7.44. The number of hydrogen-bond acceptors (Lipinski definition) is 2. The first-order valence-corrected chi connectivity index (χ1v) is 7.82. The van der Waals surface area contributed by atoms with Crippen molar-refractivity contribution < 1.29 is 4.79 Å². The van der Waals surface area contributed by atoms with Crippen molar-refractivity contribution in [1.82, 2.24) is 4.90 Å². The lowest BCUT2D eigenvalue weighted by Crippen LogP contribution is -2.43. The number of rotatable bonds is 5. The molecular weight excluding hydrogens is 248 g/mol. The Kier molecular flexibility index (Phi) is 5.60. The molecule has 1 saturated carbocycles. The number of benzene rings is 1. The molecule has 20 heavy (non-hydrogen) atoms. The van der Waals surface area contributed by atoms with Gasteiger partial charge in [0.15, 0.2) is 0 Å². The van der Waals surface area contributed by atoms with E-state index in [2.05, 4.69) is 31.2 Å². The van der Waals surface area contributed by atoms with Crippen molar-refractivity contribution in [2.45, 2.75) is 58.0 Å². The Balaban J connectivity index is 2.07. The highest BCUT2D eigenvalue weighted by molar-refractivity contribution is 5.78. The molecule has 0 radical (unpaired) electrons. The summed E-state index contributed by atoms with van der Waals surface area (Å²) in [7, 11) is 0. The molecule has 1 fully saturated rings. The lowest BCUT2D eigenvalue weighted by atomic mass is 9.93. The van der Waals surface area contributed by atoms with Gasteiger partial charge in [0.1, 0.15) is 0 Å². The SMILES string of the molecule is CCc1ccc(CN(C(=O)CN)C2CCCCC2)cc1. The number of carbonyl (C=O) groups is 1. The minimum atomic E-state index is 0.0801. The van der Waals surface area contributed by atoms with E-state index < -0.39 is 0 Å². The number of nitrogens with zero attached hydrogens (tertiary/aromatic N) is 1. The quantitative estimate of drug-likeness (QED) is 0.897. The van der Waals surface area contributed by atoms with Crippen LogP contribution in [-0.2, 0) is 17.8 Å². The zero-order valence-corrected chi connectivity index (χ0v) is 12.5. The van der Waals surface area contributed by atoms with Crippen molar-refractivity contribution in [1.29, 1.82) is 0 Å². The Morgan fingerprint density at radius 3 is 2.30 bits per heavy atom. The molecule has 1 amide bonds. The van der Waals surface area contributed by atoms with E-state index >= 15 is 0 Å². The van der Waals surface area contributed by atoms with Crippen molar-refractivity contribution in [3.8, 4) is 0 Å². The molecule has 0 heterocycles. The molecule has 2 rings (SSSR count). The smallest absolute Gasteiger partial charge is 0.236 e. The molecule has 3 heteroatoms. The molecule has 0 bridgehead atoms. The summed E-state index contributed by atoms with van der Waals surface area (Å²) in [5, 5.41) is 0. The molecule has 0 saturated heterocycles. The van der Waals surface area contributed by atoms with Gasteiger partial charge in [-0.15, -0.1) is 0 Å². The van der Waals surface area contributed by atoms with Crippen LogP contribution in [0.5, 0.6) is 0 Å². The van der Waals surface area contributed by atoms with Crippen molar-refractivity contribution >= 4 is 5.91 Å². The summed E-state index contributed by atoms with van der Waals surface area (Å²) in [6, 6.07) is 8.96. The molecule has 0 atom stereocenters. The van der Waals surface area contributed by atoms with E-state index in [0.29, 0.717) is 12.6 Å². The first kappa shape index (κ1) is 15.0. The van der Waals surface area contributed by atoms with Crippen LogP contribution in [0.25, 0.3) is 0 Å². The minimum absolute atomic E-state index is 0.0801. The number of carbonyl (C=O) groups excluding carboxylic acids is 1. The Bertz CT molecular complexity index is 421. The molecule has 0 aromatic heterocycles. The van der Waals surface area contributed by atoms with E-state index in [0.717, 1.165) is 19.3 Å². The third-order valence-corrected chi connectivity index (χ3v) is 4.29. The Labute approximate surface area is 122 Å². The maximum Gasteiger partial charge on any atom is 0.236 e. The zero-order valence-electron chi connectivity index (χ0n) is 12.5. The highest BCUT2D eigenvalue weighted by atomic mass is 16.2. The number of hydrogen-bond donors (Lipinski definition) is 1. The maximum absolute atomic E-state index is 12.1. The molecule has 1 aromatic carbocycles. The van der Waals surface area contributed by atoms with Gasteiger partial charge in [0.25, 0.3) is 0 Å². The van der Waals surface area contributed by atoms with E-state index in [1.807, 2.05) is 4.90 Å². The fourth-order valence-electron chi connectivity index (χ4n) is 3.01. The van der Waals surface area contributed by atoms with Gasteiger partial charge in [-0.3, -0.25) is 4.79 Å². The summed E-state index contributed by atoms with van der Waals surface area (Å²) in [6.07, 6.45) is 7.06. The summed E-state index contributed by atoms with van der Waals surface area (Å²) in [6.45, 7) is 2.97. The fraction of sp³-hybridized carbons (Fsp3) is 0.588. The Morgan fingerprint density at radius 1 is 1.15 bits per heavy atom. The maximum atomic E-state index is 12.1. The van der Waals surface area contributed by atoms with E-state index in [4.69, 9.17) is 5.73 Å². The Morgan fingerprint density at radius 2 is 1.75 bits per heavy atom. The number of nitrogens with two attached hydrogens (primary N) is 1. The summed E-state index contributed by atoms with van der Waals surface area (Å²) in [4.78, 5) is 14.1. The van der Waals surface area contributed by atoms with Crippen molar-refractivity contribution in [3.05, 3.63) is 35.4 Å². The molecular formula is C17H26N2O. The average molecular weight is 274 g/mol. The molecule has 3 nitrogen and oxygen atoms in total. The standard InChI is InChI=1S/C17H26N2O/c1-2-14-8-10-15(11-9-14)13-19(17(20)12-18)16-6-4-3-5-7-16/h8-11,16H,2-7,12-13,18H2,1H3. The van der Waals surface area contributed by atoms with Crippen LogP contribution < -0.4 is 5.73 Å². The van der Waals surface area contributed by atoms with Crippen LogP contribution in [0.2, 0.25) is 0 Å². The first-order chi connectivity index (χ1) is 9.74. The van der Waals surface area contributed by atoms with E-state index in [9.17, 15) is 4.79 Å². The summed E-state index contributed by atoms with van der Waals surface area (Å²) >= 11 is 0. The number of aryl methyl sites for hydroxylation is 1. The molecule has 0 aliphatic heterocycles. The fourth-order valence-corrected chi connectivity index (χ4v) is 3.01. The highest BCUT2D eigenvalue weighted by Crippen LogP contribution is 2.24. The molecule has 2 N–H and O–H groups in total. The van der Waals surface area contributed by atoms with E-state index in [1.54, 1.807) is 0 Å². The summed E-state index contributed by atoms with van der Waals surface area (Å²) in [5.41, 5.74) is 8.13. The predicted octanol–water partition coefficient (Wildman–Crippen LogP) is 2.87. The van der Waals surface area contributed by atoms with E-state index in [-0.39, 0.29) is 12.5 Å². The average Bonchev–Trinajstić information content (AvgIpc) is 2.53. The van der Waals surface area contributed by atoms with Gasteiger partial charge in [0, 0.05) is 12.6 Å².